The van der Waals surface area contributed by atoms with E-state index in [0.29, 0.717) is 30.7 Å². The molecule has 3 aromatic rings. The molecule has 0 saturated heterocycles. The number of nitrogens with one attached hydrogen (secondary N) is 1. The number of ether oxygens (including phenoxy) is 1. The molecule has 1 heterocycles. The van der Waals surface area contributed by atoms with Crippen molar-refractivity contribution in [1.82, 2.24) is 13.5 Å². The summed E-state index contributed by atoms with van der Waals surface area (Å²) in [5.74, 6) is 1.10. The van der Waals surface area contributed by atoms with Crippen molar-refractivity contribution in [3.05, 3.63) is 42.5 Å². The Bertz CT molecular complexity index is 1240. The lowest BCUT2D eigenvalue weighted by atomic mass is 9.81. The summed E-state index contributed by atoms with van der Waals surface area (Å²) in [5, 5.41) is 0. The van der Waals surface area contributed by atoms with Crippen LogP contribution in [0.15, 0.2) is 47.4 Å². The van der Waals surface area contributed by atoms with E-state index in [9.17, 15) is 13.2 Å². The SMILES string of the molecule is CCCN(C(=O)C1CCC(CNS(=O)(=O)c2cccc3nsnc23)CC1)c1ccc(OCC)cc1. The van der Waals surface area contributed by atoms with Gasteiger partial charge in [-0.1, -0.05) is 13.0 Å². The molecule has 10 heteroatoms. The predicted octanol–water partition coefficient (Wildman–Crippen LogP) is 4.62. The minimum Gasteiger partial charge on any atom is -0.494 e. The van der Waals surface area contributed by atoms with Crippen molar-refractivity contribution < 1.29 is 17.9 Å². The Morgan fingerprint density at radius 3 is 2.51 bits per heavy atom. The Morgan fingerprint density at radius 2 is 1.83 bits per heavy atom. The molecule has 1 amide bonds. The highest BCUT2D eigenvalue weighted by atomic mass is 32.2. The summed E-state index contributed by atoms with van der Waals surface area (Å²) in [5.41, 5.74) is 1.88. The maximum atomic E-state index is 13.4. The number of hydrogen-bond acceptors (Lipinski definition) is 7. The summed E-state index contributed by atoms with van der Waals surface area (Å²) in [6, 6.07) is 12.7. The van der Waals surface area contributed by atoms with Crippen LogP contribution >= 0.6 is 11.7 Å². The van der Waals surface area contributed by atoms with Crippen LogP contribution in [0.2, 0.25) is 0 Å². The quantitative estimate of drug-likeness (QED) is 0.422. The molecule has 0 atom stereocenters. The summed E-state index contributed by atoms with van der Waals surface area (Å²) in [6.45, 7) is 5.65. The molecule has 0 bridgehead atoms. The zero-order valence-electron chi connectivity index (χ0n) is 20.1. The lowest BCUT2D eigenvalue weighted by Crippen LogP contribution is -2.39. The largest absolute Gasteiger partial charge is 0.494 e. The van der Waals surface area contributed by atoms with Crippen molar-refractivity contribution >= 4 is 44.4 Å². The van der Waals surface area contributed by atoms with Gasteiger partial charge in [-0.15, -0.1) is 0 Å². The molecule has 0 spiro atoms. The van der Waals surface area contributed by atoms with Gasteiger partial charge in [-0.3, -0.25) is 4.79 Å². The lowest BCUT2D eigenvalue weighted by Gasteiger charge is -2.32. The first kappa shape index (κ1) is 25.5. The van der Waals surface area contributed by atoms with E-state index in [-0.39, 0.29) is 22.6 Å². The van der Waals surface area contributed by atoms with Crippen LogP contribution in [0.5, 0.6) is 5.75 Å². The topological polar surface area (TPSA) is 101 Å². The van der Waals surface area contributed by atoms with Gasteiger partial charge in [0.25, 0.3) is 0 Å². The molecule has 1 aromatic heterocycles. The fourth-order valence-corrected chi connectivity index (χ4v) is 6.50. The number of anilines is 1. The number of hydrogen-bond donors (Lipinski definition) is 1. The van der Waals surface area contributed by atoms with Crippen molar-refractivity contribution in [2.45, 2.75) is 50.8 Å². The minimum atomic E-state index is -3.68. The molecule has 1 aliphatic carbocycles. The zero-order chi connectivity index (χ0) is 24.8. The maximum absolute atomic E-state index is 13.4. The summed E-state index contributed by atoms with van der Waals surface area (Å²) >= 11 is 1.00. The van der Waals surface area contributed by atoms with Gasteiger partial charge >= 0.3 is 0 Å². The number of sulfonamides is 1. The summed E-state index contributed by atoms with van der Waals surface area (Å²) in [4.78, 5) is 15.4. The maximum Gasteiger partial charge on any atom is 0.242 e. The van der Waals surface area contributed by atoms with Crippen LogP contribution < -0.4 is 14.4 Å². The molecule has 2 aromatic carbocycles. The molecule has 0 radical (unpaired) electrons. The Morgan fingerprint density at radius 1 is 1.09 bits per heavy atom. The molecule has 4 rings (SSSR count). The van der Waals surface area contributed by atoms with Crippen LogP contribution in [0.25, 0.3) is 11.0 Å². The van der Waals surface area contributed by atoms with E-state index in [2.05, 4.69) is 20.4 Å². The average molecular weight is 517 g/mol. The molecular weight excluding hydrogens is 484 g/mol. The Hall–Kier alpha value is -2.56. The number of carbonyl (C=O) groups is 1. The second-order valence-corrected chi connectivity index (χ2v) is 11.1. The molecule has 1 saturated carbocycles. The third kappa shape index (κ3) is 5.99. The number of amides is 1. The smallest absolute Gasteiger partial charge is 0.242 e. The van der Waals surface area contributed by atoms with Gasteiger partial charge in [0, 0.05) is 24.7 Å². The van der Waals surface area contributed by atoms with Crippen LogP contribution in [0.3, 0.4) is 0 Å². The van der Waals surface area contributed by atoms with E-state index in [0.717, 1.165) is 55.3 Å². The van der Waals surface area contributed by atoms with Crippen LogP contribution in [-0.2, 0) is 14.8 Å². The Balaban J connectivity index is 1.34. The van der Waals surface area contributed by atoms with Crippen LogP contribution in [0.1, 0.15) is 46.0 Å². The number of rotatable bonds is 10. The van der Waals surface area contributed by atoms with E-state index in [4.69, 9.17) is 4.74 Å². The molecule has 0 unspecified atom stereocenters. The zero-order valence-corrected chi connectivity index (χ0v) is 21.8. The molecule has 1 fully saturated rings. The van der Waals surface area contributed by atoms with Crippen molar-refractivity contribution in [2.75, 3.05) is 24.6 Å². The highest BCUT2D eigenvalue weighted by molar-refractivity contribution is 7.89. The van der Waals surface area contributed by atoms with Gasteiger partial charge in [0.2, 0.25) is 15.9 Å². The molecular formula is C25H32N4O4S2. The first-order chi connectivity index (χ1) is 16.9. The number of aromatic nitrogens is 2. The van der Waals surface area contributed by atoms with E-state index in [1.807, 2.05) is 36.1 Å². The number of nitrogens with zero attached hydrogens (tertiary/aromatic N) is 3. The van der Waals surface area contributed by atoms with Crippen molar-refractivity contribution in [2.24, 2.45) is 11.8 Å². The van der Waals surface area contributed by atoms with Gasteiger partial charge in [0.1, 0.15) is 21.7 Å². The summed E-state index contributed by atoms with van der Waals surface area (Å²) < 4.78 is 42.3. The normalized spacial score (nSPS) is 18.5. The predicted molar refractivity (Wildman–Crippen MR) is 138 cm³/mol. The van der Waals surface area contributed by atoms with Gasteiger partial charge < -0.3 is 9.64 Å². The summed E-state index contributed by atoms with van der Waals surface area (Å²) in [7, 11) is -3.68. The number of carbonyl (C=O) groups excluding carboxylic acids is 1. The number of fused-ring (bicyclic) bond motifs is 1. The van der Waals surface area contributed by atoms with Crippen molar-refractivity contribution in [3.8, 4) is 5.75 Å². The van der Waals surface area contributed by atoms with Crippen LogP contribution in [-0.4, -0.2) is 42.8 Å². The van der Waals surface area contributed by atoms with Crippen LogP contribution in [0, 0.1) is 11.8 Å². The highest BCUT2D eigenvalue weighted by Gasteiger charge is 2.31. The van der Waals surface area contributed by atoms with E-state index < -0.39 is 10.0 Å². The standard InChI is InChI=1S/C25H32N4O4S2/c1-3-16-29(20-12-14-21(15-13-20)33-4-2)25(30)19-10-8-18(9-11-19)17-26-35(31,32)23-7-5-6-22-24(23)28-34-27-22/h5-7,12-15,18-19,26H,3-4,8-11,16-17H2,1-2H3. The molecule has 35 heavy (non-hydrogen) atoms. The van der Waals surface area contributed by atoms with Gasteiger partial charge in [-0.05, 0) is 81.3 Å². The molecule has 8 nitrogen and oxygen atoms in total. The highest BCUT2D eigenvalue weighted by Crippen LogP contribution is 2.32. The average Bonchev–Trinajstić information content (AvgIpc) is 3.36. The van der Waals surface area contributed by atoms with Crippen molar-refractivity contribution in [3.63, 3.8) is 0 Å². The van der Waals surface area contributed by atoms with E-state index in [1.54, 1.807) is 18.2 Å². The first-order valence-electron chi connectivity index (χ1n) is 12.2. The first-order valence-corrected chi connectivity index (χ1v) is 14.4. The van der Waals surface area contributed by atoms with Gasteiger partial charge in [-0.2, -0.15) is 8.75 Å². The third-order valence-electron chi connectivity index (χ3n) is 6.47. The number of benzene rings is 2. The Labute approximate surface area is 211 Å². The lowest BCUT2D eigenvalue weighted by molar-refractivity contribution is -0.123. The van der Waals surface area contributed by atoms with Gasteiger partial charge in [0.05, 0.1) is 18.3 Å². The Kier molecular flexibility index (Phi) is 8.35. The second kappa shape index (κ2) is 11.5. The minimum absolute atomic E-state index is 0.0456. The van der Waals surface area contributed by atoms with Gasteiger partial charge in [0.15, 0.2) is 0 Å². The second-order valence-electron chi connectivity index (χ2n) is 8.87. The molecule has 1 N–H and O–H groups in total. The molecule has 1 aliphatic rings. The van der Waals surface area contributed by atoms with Crippen LogP contribution in [0.4, 0.5) is 5.69 Å². The van der Waals surface area contributed by atoms with E-state index >= 15 is 0 Å². The van der Waals surface area contributed by atoms with E-state index in [1.165, 1.54) is 0 Å². The third-order valence-corrected chi connectivity index (χ3v) is 8.47. The molecule has 188 valence electrons. The van der Waals surface area contributed by atoms with Gasteiger partial charge in [-0.25, -0.2) is 13.1 Å². The van der Waals surface area contributed by atoms with Crippen molar-refractivity contribution in [1.29, 1.82) is 0 Å². The monoisotopic (exact) mass is 516 g/mol. The fourth-order valence-electron chi connectivity index (χ4n) is 4.62. The molecule has 0 aliphatic heterocycles. The fraction of sp³-hybridized carbons (Fsp3) is 0.480. The summed E-state index contributed by atoms with van der Waals surface area (Å²) in [6.07, 6.45) is 4.01.